The lowest BCUT2D eigenvalue weighted by Crippen LogP contribution is -2.45. The van der Waals surface area contributed by atoms with Crippen molar-refractivity contribution in [3.8, 4) is 0 Å². The molecule has 1 saturated carbocycles. The summed E-state index contributed by atoms with van der Waals surface area (Å²) >= 11 is 0. The molecule has 1 aliphatic carbocycles. The van der Waals surface area contributed by atoms with Crippen LogP contribution in [0.25, 0.3) is 0 Å². The van der Waals surface area contributed by atoms with Crippen LogP contribution in [0.3, 0.4) is 0 Å². The van der Waals surface area contributed by atoms with Gasteiger partial charge in [0.05, 0.1) is 6.54 Å². The van der Waals surface area contributed by atoms with Gasteiger partial charge >= 0.3 is 0 Å². The number of nitrogens with one attached hydrogen (secondary N) is 2. The lowest BCUT2D eigenvalue weighted by molar-refractivity contribution is -0.134. The number of rotatable bonds is 6. The Morgan fingerprint density at radius 3 is 2.82 bits per heavy atom. The zero-order valence-electron chi connectivity index (χ0n) is 17.4. The number of carbonyl (C=O) groups is 1. The summed E-state index contributed by atoms with van der Waals surface area (Å²) in [5.41, 5.74) is 1.13. The average Bonchev–Trinajstić information content (AvgIpc) is 3.38. The summed E-state index contributed by atoms with van der Waals surface area (Å²) < 4.78 is 0. The van der Waals surface area contributed by atoms with E-state index in [1.165, 1.54) is 12.8 Å². The van der Waals surface area contributed by atoms with E-state index in [4.69, 9.17) is 4.99 Å². The van der Waals surface area contributed by atoms with Crippen molar-refractivity contribution in [2.24, 2.45) is 10.9 Å². The van der Waals surface area contributed by atoms with Crippen molar-refractivity contribution in [1.29, 1.82) is 0 Å². The molecular weight excluding hydrogens is 352 g/mol. The molecule has 1 atom stereocenters. The molecular formula is C21H34N6O. The molecule has 0 spiro atoms. The van der Waals surface area contributed by atoms with E-state index in [-0.39, 0.29) is 12.0 Å². The Balaban J connectivity index is 1.56. The van der Waals surface area contributed by atoms with Crippen molar-refractivity contribution in [3.63, 3.8) is 0 Å². The quantitative estimate of drug-likeness (QED) is 0.578. The van der Waals surface area contributed by atoms with Crippen LogP contribution in [0, 0.1) is 5.92 Å². The first-order valence-corrected chi connectivity index (χ1v) is 10.5. The van der Waals surface area contributed by atoms with Gasteiger partial charge in [0.15, 0.2) is 5.96 Å². The molecule has 2 N–H and O–H groups in total. The van der Waals surface area contributed by atoms with Gasteiger partial charge in [-0.3, -0.25) is 4.79 Å². The van der Waals surface area contributed by atoms with Crippen LogP contribution in [0.5, 0.6) is 0 Å². The molecule has 2 heterocycles. The minimum Gasteiger partial charge on any atom is -0.363 e. The summed E-state index contributed by atoms with van der Waals surface area (Å²) in [6.45, 7) is 5.10. The highest BCUT2D eigenvalue weighted by Gasteiger charge is 2.32. The Morgan fingerprint density at radius 1 is 1.32 bits per heavy atom. The van der Waals surface area contributed by atoms with Gasteiger partial charge in [0.2, 0.25) is 5.91 Å². The molecule has 0 bridgehead atoms. The molecule has 1 aromatic heterocycles. The number of aliphatic imine (C=N–C) groups is 1. The van der Waals surface area contributed by atoms with Crippen LogP contribution < -0.4 is 15.5 Å². The normalized spacial score (nSPS) is 20.5. The average molecular weight is 387 g/mol. The van der Waals surface area contributed by atoms with E-state index in [2.05, 4.69) is 28.6 Å². The predicted molar refractivity (Wildman–Crippen MR) is 113 cm³/mol. The number of aromatic nitrogens is 1. The first-order valence-electron chi connectivity index (χ1n) is 10.5. The van der Waals surface area contributed by atoms with Crippen molar-refractivity contribution in [2.45, 2.75) is 51.6 Å². The maximum absolute atomic E-state index is 12.6. The molecule has 2 fully saturated rings. The Morgan fingerprint density at radius 2 is 2.11 bits per heavy atom. The van der Waals surface area contributed by atoms with Crippen LogP contribution in [0.15, 0.2) is 23.3 Å². The van der Waals surface area contributed by atoms with Crippen molar-refractivity contribution >= 4 is 17.7 Å². The molecule has 0 aromatic carbocycles. The van der Waals surface area contributed by atoms with Gasteiger partial charge in [-0.25, -0.2) is 9.98 Å². The number of nitrogens with zero attached hydrogens (tertiary/aromatic N) is 4. The minimum atomic E-state index is 0.262. The standard InChI is InChI=1S/C21H34N6O/c1-4-22-21(24-14-16-9-11-23-19(13-16)26(2)3)25-18-10-12-27(15-18)20(28)17-7-5-6-8-17/h9,11,13,17-18H,4-8,10,12,14-15H2,1-3H3,(H2,22,24,25). The summed E-state index contributed by atoms with van der Waals surface area (Å²) in [4.78, 5) is 25.8. The number of hydrogen-bond acceptors (Lipinski definition) is 4. The zero-order chi connectivity index (χ0) is 19.9. The van der Waals surface area contributed by atoms with Crippen LogP contribution in [-0.2, 0) is 11.3 Å². The van der Waals surface area contributed by atoms with Crippen molar-refractivity contribution in [2.75, 3.05) is 38.6 Å². The van der Waals surface area contributed by atoms with Gasteiger partial charge in [0, 0.05) is 51.9 Å². The fourth-order valence-electron chi connectivity index (χ4n) is 4.00. The molecule has 7 nitrogen and oxygen atoms in total. The van der Waals surface area contributed by atoms with Crippen LogP contribution in [0.4, 0.5) is 5.82 Å². The smallest absolute Gasteiger partial charge is 0.225 e. The summed E-state index contributed by atoms with van der Waals surface area (Å²) in [5, 5.41) is 6.84. The Labute approximate surface area is 168 Å². The van der Waals surface area contributed by atoms with E-state index >= 15 is 0 Å². The number of pyridine rings is 1. The molecule has 0 radical (unpaired) electrons. The number of hydrogen-bond donors (Lipinski definition) is 2. The first kappa shape index (κ1) is 20.4. The fourth-order valence-corrected chi connectivity index (χ4v) is 4.00. The maximum atomic E-state index is 12.6. The molecule has 28 heavy (non-hydrogen) atoms. The topological polar surface area (TPSA) is 72.9 Å². The molecule has 7 heteroatoms. The highest BCUT2D eigenvalue weighted by atomic mass is 16.2. The second-order valence-corrected chi connectivity index (χ2v) is 8.01. The molecule has 3 rings (SSSR count). The minimum absolute atomic E-state index is 0.262. The van der Waals surface area contributed by atoms with E-state index in [9.17, 15) is 4.79 Å². The number of guanidine groups is 1. The lowest BCUT2D eigenvalue weighted by Gasteiger charge is -2.21. The van der Waals surface area contributed by atoms with Gasteiger partial charge in [-0.2, -0.15) is 0 Å². The van der Waals surface area contributed by atoms with E-state index < -0.39 is 0 Å². The van der Waals surface area contributed by atoms with Gasteiger partial charge in [0.25, 0.3) is 0 Å². The van der Waals surface area contributed by atoms with Gasteiger partial charge in [-0.1, -0.05) is 12.8 Å². The van der Waals surface area contributed by atoms with Gasteiger partial charge in [-0.05, 0) is 43.9 Å². The molecule has 1 aromatic rings. The summed E-state index contributed by atoms with van der Waals surface area (Å²) in [7, 11) is 3.97. The third kappa shape index (κ3) is 5.36. The third-order valence-corrected chi connectivity index (χ3v) is 5.58. The van der Waals surface area contributed by atoms with Crippen molar-refractivity contribution < 1.29 is 4.79 Å². The van der Waals surface area contributed by atoms with E-state index in [0.29, 0.717) is 12.5 Å². The second-order valence-electron chi connectivity index (χ2n) is 8.01. The SMILES string of the molecule is CCNC(=NCc1ccnc(N(C)C)c1)NC1CCN(C(=O)C2CCCC2)C1. The van der Waals surface area contributed by atoms with Crippen LogP contribution >= 0.6 is 0 Å². The highest BCUT2D eigenvalue weighted by molar-refractivity contribution is 5.81. The van der Waals surface area contributed by atoms with E-state index in [1.54, 1.807) is 0 Å². The molecule has 1 unspecified atom stereocenters. The van der Waals surface area contributed by atoms with Gasteiger partial charge in [-0.15, -0.1) is 0 Å². The molecule has 1 aliphatic heterocycles. The van der Waals surface area contributed by atoms with Crippen molar-refractivity contribution in [1.82, 2.24) is 20.5 Å². The molecule has 2 aliphatic rings. The largest absolute Gasteiger partial charge is 0.363 e. The summed E-state index contributed by atoms with van der Waals surface area (Å²) in [6.07, 6.45) is 7.34. The Kier molecular flexibility index (Phi) is 7.12. The van der Waals surface area contributed by atoms with Crippen LogP contribution in [0.1, 0.15) is 44.6 Å². The molecule has 154 valence electrons. The number of carbonyl (C=O) groups excluding carboxylic acids is 1. The van der Waals surface area contributed by atoms with E-state index in [0.717, 1.165) is 56.2 Å². The number of amides is 1. The van der Waals surface area contributed by atoms with Crippen LogP contribution in [0.2, 0.25) is 0 Å². The number of anilines is 1. The Hall–Kier alpha value is -2.31. The highest BCUT2D eigenvalue weighted by Crippen LogP contribution is 2.27. The Bertz CT molecular complexity index is 683. The summed E-state index contributed by atoms with van der Waals surface area (Å²) in [5.74, 6) is 2.36. The monoisotopic (exact) mass is 386 g/mol. The molecule has 1 amide bonds. The number of likely N-dealkylation sites (tertiary alicyclic amines) is 1. The fraction of sp³-hybridized carbons (Fsp3) is 0.667. The lowest BCUT2D eigenvalue weighted by atomic mass is 10.1. The van der Waals surface area contributed by atoms with Gasteiger partial charge < -0.3 is 20.4 Å². The second kappa shape index (κ2) is 9.75. The van der Waals surface area contributed by atoms with Crippen LogP contribution in [-0.4, -0.2) is 61.5 Å². The summed E-state index contributed by atoms with van der Waals surface area (Å²) in [6, 6.07) is 4.32. The predicted octanol–water partition coefficient (Wildman–Crippen LogP) is 1.99. The van der Waals surface area contributed by atoms with E-state index in [1.807, 2.05) is 36.2 Å². The van der Waals surface area contributed by atoms with Gasteiger partial charge in [0.1, 0.15) is 5.82 Å². The zero-order valence-corrected chi connectivity index (χ0v) is 17.4. The first-order chi connectivity index (χ1) is 13.6. The van der Waals surface area contributed by atoms with Crippen molar-refractivity contribution in [3.05, 3.63) is 23.9 Å². The maximum Gasteiger partial charge on any atom is 0.225 e. The molecule has 1 saturated heterocycles. The third-order valence-electron chi connectivity index (χ3n) is 5.58.